The van der Waals surface area contributed by atoms with Gasteiger partial charge in [0.2, 0.25) is 0 Å². The zero-order valence-corrected chi connectivity index (χ0v) is 12.0. The Kier molecular flexibility index (Phi) is 4.12. The van der Waals surface area contributed by atoms with Gasteiger partial charge in [-0.15, -0.1) is 0 Å². The molecule has 0 N–H and O–H groups in total. The van der Waals surface area contributed by atoms with Crippen LogP contribution in [0.3, 0.4) is 0 Å². The summed E-state index contributed by atoms with van der Waals surface area (Å²) in [4.78, 5) is 4.29. The molecule has 0 bridgehead atoms. The zero-order valence-electron chi connectivity index (χ0n) is 10.5. The topological polar surface area (TPSA) is 12.9 Å². The van der Waals surface area contributed by atoms with Crippen molar-refractivity contribution in [3.8, 4) is 0 Å². The van der Waals surface area contributed by atoms with Crippen LogP contribution >= 0.6 is 15.9 Å². The molecule has 0 radical (unpaired) electrons. The molecule has 1 atom stereocenters. The average Bonchev–Trinajstić information content (AvgIpc) is 2.32. The standard InChI is InChI=1S/C15H15BrFN/c1-10-4-6-13(15(17)7-10)14(16)8-12-5-3-11(2)9-18-12/h3-7,9,14H,8H2,1-2H3. The Morgan fingerprint density at radius 1 is 1.17 bits per heavy atom. The van der Waals surface area contributed by atoms with E-state index in [0.29, 0.717) is 12.0 Å². The van der Waals surface area contributed by atoms with E-state index in [1.807, 2.05) is 44.3 Å². The quantitative estimate of drug-likeness (QED) is 0.760. The number of alkyl halides is 1. The molecule has 1 aromatic heterocycles. The highest BCUT2D eigenvalue weighted by molar-refractivity contribution is 9.09. The van der Waals surface area contributed by atoms with Crippen molar-refractivity contribution in [1.82, 2.24) is 4.98 Å². The summed E-state index contributed by atoms with van der Waals surface area (Å²) in [5, 5.41) is 0. The van der Waals surface area contributed by atoms with E-state index < -0.39 is 0 Å². The lowest BCUT2D eigenvalue weighted by Gasteiger charge is -2.11. The van der Waals surface area contributed by atoms with Crippen LogP contribution in [0.2, 0.25) is 0 Å². The van der Waals surface area contributed by atoms with E-state index in [1.54, 1.807) is 6.07 Å². The van der Waals surface area contributed by atoms with Crippen molar-refractivity contribution in [3.63, 3.8) is 0 Å². The number of halogens is 2. The second kappa shape index (κ2) is 5.61. The first-order valence-corrected chi connectivity index (χ1v) is 6.79. The number of aryl methyl sites for hydroxylation is 2. The maximum absolute atomic E-state index is 13.8. The molecule has 18 heavy (non-hydrogen) atoms. The van der Waals surface area contributed by atoms with E-state index >= 15 is 0 Å². The number of hydrogen-bond donors (Lipinski definition) is 0. The summed E-state index contributed by atoms with van der Waals surface area (Å²) < 4.78 is 13.8. The van der Waals surface area contributed by atoms with Crippen LogP contribution in [-0.4, -0.2) is 4.98 Å². The Labute approximate surface area is 115 Å². The second-order valence-corrected chi connectivity index (χ2v) is 5.63. The number of hydrogen-bond acceptors (Lipinski definition) is 1. The molecule has 1 heterocycles. The normalized spacial score (nSPS) is 12.4. The van der Waals surface area contributed by atoms with Crippen LogP contribution in [0, 0.1) is 19.7 Å². The molecule has 0 aliphatic rings. The predicted octanol–water partition coefficient (Wildman–Crippen LogP) is 4.52. The highest BCUT2D eigenvalue weighted by Crippen LogP contribution is 2.29. The summed E-state index contributed by atoms with van der Waals surface area (Å²) in [6, 6.07) is 9.32. The van der Waals surface area contributed by atoms with E-state index in [4.69, 9.17) is 0 Å². The van der Waals surface area contributed by atoms with Gasteiger partial charge in [0.15, 0.2) is 0 Å². The molecule has 0 spiro atoms. The largest absolute Gasteiger partial charge is 0.261 e. The molecule has 94 valence electrons. The summed E-state index contributed by atoms with van der Waals surface area (Å²) in [5.41, 5.74) is 3.71. The molecule has 1 unspecified atom stereocenters. The van der Waals surface area contributed by atoms with Crippen LogP contribution < -0.4 is 0 Å². The summed E-state index contributed by atoms with van der Waals surface area (Å²) in [7, 11) is 0. The van der Waals surface area contributed by atoms with Crippen LogP contribution in [0.25, 0.3) is 0 Å². The van der Waals surface area contributed by atoms with E-state index in [1.165, 1.54) is 0 Å². The van der Waals surface area contributed by atoms with Gasteiger partial charge in [0.05, 0.1) is 0 Å². The van der Waals surface area contributed by atoms with Crippen LogP contribution in [0.4, 0.5) is 4.39 Å². The molecule has 1 aromatic carbocycles. The Morgan fingerprint density at radius 3 is 2.50 bits per heavy atom. The molecule has 0 fully saturated rings. The van der Waals surface area contributed by atoms with Crippen molar-refractivity contribution >= 4 is 15.9 Å². The number of nitrogens with zero attached hydrogens (tertiary/aromatic N) is 1. The fraction of sp³-hybridized carbons (Fsp3) is 0.267. The van der Waals surface area contributed by atoms with E-state index in [9.17, 15) is 4.39 Å². The van der Waals surface area contributed by atoms with Crippen LogP contribution in [0.5, 0.6) is 0 Å². The maximum Gasteiger partial charge on any atom is 0.127 e. The average molecular weight is 308 g/mol. The third kappa shape index (κ3) is 3.16. The Balaban J connectivity index is 2.16. The van der Waals surface area contributed by atoms with Crippen LogP contribution in [0.1, 0.15) is 27.2 Å². The van der Waals surface area contributed by atoms with E-state index in [2.05, 4.69) is 20.9 Å². The first kappa shape index (κ1) is 13.2. The predicted molar refractivity (Wildman–Crippen MR) is 75.5 cm³/mol. The molecule has 0 saturated heterocycles. The highest BCUT2D eigenvalue weighted by atomic mass is 79.9. The Morgan fingerprint density at radius 2 is 1.89 bits per heavy atom. The summed E-state index contributed by atoms with van der Waals surface area (Å²) in [5.74, 6) is -0.163. The van der Waals surface area contributed by atoms with Gasteiger partial charge in [0.25, 0.3) is 0 Å². The van der Waals surface area contributed by atoms with Crippen molar-refractivity contribution in [3.05, 3.63) is 64.7 Å². The molecule has 0 amide bonds. The summed E-state index contributed by atoms with van der Waals surface area (Å²) in [6.07, 6.45) is 2.51. The minimum absolute atomic E-state index is 0.0479. The van der Waals surface area contributed by atoms with Gasteiger partial charge < -0.3 is 0 Å². The minimum Gasteiger partial charge on any atom is -0.261 e. The minimum atomic E-state index is -0.163. The maximum atomic E-state index is 13.8. The lowest BCUT2D eigenvalue weighted by molar-refractivity contribution is 0.606. The Hall–Kier alpha value is -1.22. The number of pyridine rings is 1. The molecule has 1 nitrogen and oxygen atoms in total. The number of aromatic nitrogens is 1. The lowest BCUT2D eigenvalue weighted by Crippen LogP contribution is -2.00. The zero-order chi connectivity index (χ0) is 13.1. The number of benzene rings is 1. The van der Waals surface area contributed by atoms with Gasteiger partial charge in [-0.2, -0.15) is 0 Å². The van der Waals surface area contributed by atoms with Gasteiger partial charge in [-0.1, -0.05) is 34.1 Å². The van der Waals surface area contributed by atoms with Crippen molar-refractivity contribution in [1.29, 1.82) is 0 Å². The van der Waals surface area contributed by atoms with Crippen molar-refractivity contribution in [2.45, 2.75) is 25.1 Å². The van der Waals surface area contributed by atoms with Gasteiger partial charge in [-0.05, 0) is 37.1 Å². The van der Waals surface area contributed by atoms with E-state index in [-0.39, 0.29) is 10.6 Å². The monoisotopic (exact) mass is 307 g/mol. The highest BCUT2D eigenvalue weighted by Gasteiger charge is 2.13. The first-order valence-electron chi connectivity index (χ1n) is 5.88. The van der Waals surface area contributed by atoms with Gasteiger partial charge >= 0.3 is 0 Å². The summed E-state index contributed by atoms with van der Waals surface area (Å²) in [6.45, 7) is 3.89. The molecule has 2 rings (SSSR count). The molecule has 0 aliphatic heterocycles. The SMILES string of the molecule is Cc1ccc(CC(Br)c2ccc(C)cc2F)nc1. The Bertz CT molecular complexity index is 537. The molecule has 2 aromatic rings. The molecule has 0 saturated carbocycles. The molecule has 0 aliphatic carbocycles. The fourth-order valence-electron chi connectivity index (χ4n) is 1.80. The fourth-order valence-corrected chi connectivity index (χ4v) is 2.50. The van der Waals surface area contributed by atoms with Gasteiger partial charge in [0.1, 0.15) is 5.82 Å². The van der Waals surface area contributed by atoms with E-state index in [0.717, 1.165) is 16.8 Å². The van der Waals surface area contributed by atoms with Crippen molar-refractivity contribution in [2.24, 2.45) is 0 Å². The van der Waals surface area contributed by atoms with Gasteiger partial charge in [0, 0.05) is 28.7 Å². The molecule has 3 heteroatoms. The first-order chi connectivity index (χ1) is 8.56. The lowest BCUT2D eigenvalue weighted by atomic mass is 10.0. The smallest absolute Gasteiger partial charge is 0.127 e. The van der Waals surface area contributed by atoms with Crippen molar-refractivity contribution < 1.29 is 4.39 Å². The summed E-state index contributed by atoms with van der Waals surface area (Å²) >= 11 is 3.54. The van der Waals surface area contributed by atoms with Crippen molar-refractivity contribution in [2.75, 3.05) is 0 Å². The van der Waals surface area contributed by atoms with Gasteiger partial charge in [-0.25, -0.2) is 4.39 Å². The number of rotatable bonds is 3. The molecular weight excluding hydrogens is 293 g/mol. The van der Waals surface area contributed by atoms with Gasteiger partial charge in [-0.3, -0.25) is 4.98 Å². The van der Waals surface area contributed by atoms with Crippen LogP contribution in [0.15, 0.2) is 36.5 Å². The second-order valence-electron chi connectivity index (χ2n) is 4.52. The third-order valence-electron chi connectivity index (χ3n) is 2.85. The third-order valence-corrected chi connectivity index (χ3v) is 3.67. The van der Waals surface area contributed by atoms with Crippen LogP contribution in [-0.2, 0) is 6.42 Å². The molecular formula is C15H15BrFN.